The van der Waals surface area contributed by atoms with E-state index < -0.39 is 0 Å². The summed E-state index contributed by atoms with van der Waals surface area (Å²) in [5.74, 6) is -0.452. The van der Waals surface area contributed by atoms with Gasteiger partial charge in [0.05, 0.1) is 11.9 Å². The summed E-state index contributed by atoms with van der Waals surface area (Å²) in [6.07, 6.45) is 1.43. The summed E-state index contributed by atoms with van der Waals surface area (Å²) in [6, 6.07) is 8.81. The molecule has 25 heavy (non-hydrogen) atoms. The second-order valence-electron chi connectivity index (χ2n) is 5.06. The zero-order chi connectivity index (χ0) is 18.1. The van der Waals surface area contributed by atoms with Gasteiger partial charge in [0.2, 0.25) is 5.88 Å². The highest BCUT2D eigenvalue weighted by Crippen LogP contribution is 2.11. The molecule has 8 heteroatoms. The third-order valence-electron chi connectivity index (χ3n) is 3.06. The molecular formula is C17H19FN4O3. The molecule has 0 saturated carbocycles. The molecule has 1 aromatic carbocycles. The van der Waals surface area contributed by atoms with E-state index in [1.54, 1.807) is 24.3 Å². The van der Waals surface area contributed by atoms with Gasteiger partial charge in [0, 0.05) is 19.2 Å². The van der Waals surface area contributed by atoms with Crippen LogP contribution in [0, 0.1) is 5.82 Å². The zero-order valence-electron chi connectivity index (χ0n) is 13.7. The van der Waals surface area contributed by atoms with Gasteiger partial charge in [0.15, 0.2) is 6.61 Å². The molecule has 0 unspecified atom stereocenters. The summed E-state index contributed by atoms with van der Waals surface area (Å²) in [5, 5.41) is 7.82. The first-order valence-corrected chi connectivity index (χ1v) is 7.71. The van der Waals surface area contributed by atoms with Crippen molar-refractivity contribution in [2.75, 3.05) is 18.5 Å². The third-order valence-corrected chi connectivity index (χ3v) is 3.06. The molecule has 0 saturated heterocycles. The molecule has 132 valence electrons. The number of nitrogens with one attached hydrogen (secondary N) is 3. The van der Waals surface area contributed by atoms with Crippen LogP contribution in [-0.4, -0.2) is 30.1 Å². The van der Waals surface area contributed by atoms with E-state index in [9.17, 15) is 14.0 Å². The van der Waals surface area contributed by atoms with E-state index in [-0.39, 0.29) is 36.8 Å². The molecule has 7 nitrogen and oxygen atoms in total. The molecule has 0 bridgehead atoms. The van der Waals surface area contributed by atoms with E-state index in [0.717, 1.165) is 0 Å². The Morgan fingerprint density at radius 2 is 2.04 bits per heavy atom. The van der Waals surface area contributed by atoms with Crippen molar-refractivity contribution in [3.63, 3.8) is 0 Å². The highest BCUT2D eigenvalue weighted by Gasteiger charge is 2.05. The van der Waals surface area contributed by atoms with Gasteiger partial charge in [-0.1, -0.05) is 12.1 Å². The number of hydrogen-bond acceptors (Lipinski definition) is 4. The lowest BCUT2D eigenvalue weighted by Gasteiger charge is -2.08. The lowest BCUT2D eigenvalue weighted by molar-refractivity contribution is -0.123. The van der Waals surface area contributed by atoms with Crippen LogP contribution in [0.15, 0.2) is 42.6 Å². The molecule has 3 amide bonds. The van der Waals surface area contributed by atoms with Crippen LogP contribution >= 0.6 is 0 Å². The summed E-state index contributed by atoms with van der Waals surface area (Å²) < 4.78 is 18.3. The molecular weight excluding hydrogens is 327 g/mol. The summed E-state index contributed by atoms with van der Waals surface area (Å²) in [5.41, 5.74) is 1.17. The van der Waals surface area contributed by atoms with Crippen molar-refractivity contribution in [2.45, 2.75) is 13.5 Å². The van der Waals surface area contributed by atoms with Crippen molar-refractivity contribution in [3.8, 4) is 5.88 Å². The van der Waals surface area contributed by atoms with Crippen LogP contribution in [0.2, 0.25) is 0 Å². The average molecular weight is 346 g/mol. The second-order valence-corrected chi connectivity index (χ2v) is 5.06. The lowest BCUT2D eigenvalue weighted by atomic mass is 10.2. The SMILES string of the molecule is CCNC(=O)Nc1ccc(OCC(=O)NCc2cccc(F)c2)nc1. The summed E-state index contributed by atoms with van der Waals surface area (Å²) in [7, 11) is 0. The molecule has 2 aromatic rings. The Balaban J connectivity index is 1.75. The van der Waals surface area contributed by atoms with E-state index in [2.05, 4.69) is 20.9 Å². The van der Waals surface area contributed by atoms with Gasteiger partial charge in [-0.2, -0.15) is 0 Å². The van der Waals surface area contributed by atoms with E-state index in [1.807, 2.05) is 6.92 Å². The number of pyridine rings is 1. The van der Waals surface area contributed by atoms with Crippen molar-refractivity contribution < 1.29 is 18.7 Å². The number of halogens is 1. The number of aromatic nitrogens is 1. The number of urea groups is 1. The molecule has 0 aliphatic carbocycles. The largest absolute Gasteiger partial charge is 0.468 e. The number of carbonyl (C=O) groups excluding carboxylic acids is 2. The van der Waals surface area contributed by atoms with Crippen LogP contribution in [0.25, 0.3) is 0 Å². The lowest BCUT2D eigenvalue weighted by Crippen LogP contribution is -2.29. The summed E-state index contributed by atoms with van der Waals surface area (Å²) >= 11 is 0. The zero-order valence-corrected chi connectivity index (χ0v) is 13.7. The fourth-order valence-corrected chi connectivity index (χ4v) is 1.91. The molecule has 2 rings (SSSR count). The standard InChI is InChI=1S/C17H19FN4O3/c1-2-19-17(24)22-14-6-7-16(21-10-14)25-11-15(23)20-9-12-4-3-5-13(18)8-12/h3-8,10H,2,9,11H2,1H3,(H,20,23)(H2,19,22,24). The number of nitrogens with zero attached hydrogens (tertiary/aromatic N) is 1. The van der Waals surface area contributed by atoms with Crippen LogP contribution in [0.4, 0.5) is 14.9 Å². The van der Waals surface area contributed by atoms with Gasteiger partial charge in [0.1, 0.15) is 5.82 Å². The topological polar surface area (TPSA) is 92.4 Å². The molecule has 0 fully saturated rings. The number of rotatable bonds is 7. The van der Waals surface area contributed by atoms with Gasteiger partial charge in [-0.3, -0.25) is 4.79 Å². The number of hydrogen-bond donors (Lipinski definition) is 3. The molecule has 0 aliphatic heterocycles. The fraction of sp³-hybridized carbons (Fsp3) is 0.235. The number of anilines is 1. The van der Waals surface area contributed by atoms with E-state index in [1.165, 1.54) is 18.3 Å². The van der Waals surface area contributed by atoms with Gasteiger partial charge in [-0.25, -0.2) is 14.2 Å². The number of benzene rings is 1. The molecule has 3 N–H and O–H groups in total. The van der Waals surface area contributed by atoms with Gasteiger partial charge in [-0.05, 0) is 30.7 Å². The minimum absolute atomic E-state index is 0.211. The Labute approximate surface area is 144 Å². The Bertz CT molecular complexity index is 722. The Morgan fingerprint density at radius 3 is 2.72 bits per heavy atom. The summed E-state index contributed by atoms with van der Waals surface area (Å²) in [4.78, 5) is 27.1. The van der Waals surface area contributed by atoms with E-state index >= 15 is 0 Å². The minimum atomic E-state index is -0.353. The molecule has 0 spiro atoms. The predicted molar refractivity (Wildman–Crippen MR) is 90.7 cm³/mol. The Hall–Kier alpha value is -3.16. The first-order valence-electron chi connectivity index (χ1n) is 7.71. The highest BCUT2D eigenvalue weighted by molar-refractivity contribution is 5.88. The maximum Gasteiger partial charge on any atom is 0.319 e. The van der Waals surface area contributed by atoms with Crippen LogP contribution in [-0.2, 0) is 11.3 Å². The van der Waals surface area contributed by atoms with E-state index in [4.69, 9.17) is 4.74 Å². The minimum Gasteiger partial charge on any atom is -0.468 e. The van der Waals surface area contributed by atoms with Crippen LogP contribution in [0.1, 0.15) is 12.5 Å². The summed E-state index contributed by atoms with van der Waals surface area (Å²) in [6.45, 7) is 2.33. The third kappa shape index (κ3) is 6.46. The maximum atomic E-state index is 13.0. The van der Waals surface area contributed by atoms with Gasteiger partial charge in [-0.15, -0.1) is 0 Å². The first kappa shape index (κ1) is 18.2. The highest BCUT2D eigenvalue weighted by atomic mass is 19.1. The molecule has 0 atom stereocenters. The Kier molecular flexibility index (Phi) is 6.70. The van der Waals surface area contributed by atoms with Gasteiger partial charge >= 0.3 is 6.03 Å². The fourth-order valence-electron chi connectivity index (χ4n) is 1.91. The van der Waals surface area contributed by atoms with Crippen molar-refractivity contribution in [2.24, 2.45) is 0 Å². The predicted octanol–water partition coefficient (Wildman–Crippen LogP) is 2.06. The normalized spacial score (nSPS) is 10.0. The van der Waals surface area contributed by atoms with Crippen molar-refractivity contribution >= 4 is 17.6 Å². The quantitative estimate of drug-likeness (QED) is 0.715. The molecule has 0 radical (unpaired) electrons. The average Bonchev–Trinajstić information content (AvgIpc) is 2.59. The van der Waals surface area contributed by atoms with Gasteiger partial charge in [0.25, 0.3) is 5.91 Å². The monoisotopic (exact) mass is 346 g/mol. The van der Waals surface area contributed by atoms with Crippen LogP contribution in [0.3, 0.4) is 0 Å². The van der Waals surface area contributed by atoms with Crippen LogP contribution in [0.5, 0.6) is 5.88 Å². The molecule has 1 aromatic heterocycles. The van der Waals surface area contributed by atoms with Crippen molar-refractivity contribution in [1.29, 1.82) is 0 Å². The van der Waals surface area contributed by atoms with Gasteiger partial charge < -0.3 is 20.7 Å². The molecule has 0 aliphatic rings. The molecule has 1 heterocycles. The van der Waals surface area contributed by atoms with Crippen LogP contribution < -0.4 is 20.7 Å². The van der Waals surface area contributed by atoms with E-state index in [0.29, 0.717) is 17.8 Å². The first-order chi connectivity index (χ1) is 12.1. The number of amides is 3. The number of ether oxygens (including phenoxy) is 1. The Morgan fingerprint density at radius 1 is 1.20 bits per heavy atom. The smallest absolute Gasteiger partial charge is 0.319 e. The van der Waals surface area contributed by atoms with Crippen molar-refractivity contribution in [3.05, 3.63) is 54.0 Å². The number of carbonyl (C=O) groups is 2. The second kappa shape index (κ2) is 9.21. The maximum absolute atomic E-state index is 13.0. The van der Waals surface area contributed by atoms with Crippen molar-refractivity contribution in [1.82, 2.24) is 15.6 Å².